The highest BCUT2D eigenvalue weighted by molar-refractivity contribution is 5.91. The van der Waals surface area contributed by atoms with Crippen molar-refractivity contribution >= 4 is 5.91 Å². The first-order valence-electron chi connectivity index (χ1n) is 10.4. The number of carbonyl (C=O) groups is 1. The van der Waals surface area contributed by atoms with E-state index in [1.54, 1.807) is 18.2 Å². The number of hydrogen-bond donors (Lipinski definition) is 1. The molecule has 1 aliphatic heterocycles. The van der Waals surface area contributed by atoms with Crippen LogP contribution in [0.3, 0.4) is 0 Å². The van der Waals surface area contributed by atoms with Crippen molar-refractivity contribution in [3.05, 3.63) is 53.2 Å². The first-order chi connectivity index (χ1) is 13.7. The summed E-state index contributed by atoms with van der Waals surface area (Å²) >= 11 is 0. The van der Waals surface area contributed by atoms with Gasteiger partial charge in [0.05, 0.1) is 5.69 Å². The van der Waals surface area contributed by atoms with Crippen molar-refractivity contribution in [1.82, 2.24) is 15.4 Å². The second-order valence-corrected chi connectivity index (χ2v) is 8.13. The van der Waals surface area contributed by atoms with E-state index >= 15 is 0 Å². The van der Waals surface area contributed by atoms with Gasteiger partial charge < -0.3 is 9.84 Å². The molecule has 0 spiro atoms. The van der Waals surface area contributed by atoms with Crippen molar-refractivity contribution < 1.29 is 13.7 Å². The Bertz CT molecular complexity index is 801. The minimum Gasteiger partial charge on any atom is -0.351 e. The summed E-state index contributed by atoms with van der Waals surface area (Å²) in [5, 5.41) is 7.27. The van der Waals surface area contributed by atoms with Crippen LogP contribution in [0.1, 0.15) is 72.7 Å². The van der Waals surface area contributed by atoms with E-state index in [4.69, 9.17) is 4.52 Å². The van der Waals surface area contributed by atoms with Crippen LogP contribution in [0.15, 0.2) is 34.9 Å². The Hall–Kier alpha value is -2.21. The average molecular weight is 385 g/mol. The van der Waals surface area contributed by atoms with Gasteiger partial charge in [-0.05, 0) is 49.9 Å². The number of piperidine rings is 1. The zero-order chi connectivity index (χ0) is 19.3. The largest absolute Gasteiger partial charge is 0.351 e. The lowest BCUT2D eigenvalue weighted by Gasteiger charge is -2.31. The van der Waals surface area contributed by atoms with Crippen LogP contribution in [0.5, 0.6) is 0 Å². The van der Waals surface area contributed by atoms with Gasteiger partial charge in [-0.25, -0.2) is 4.39 Å². The van der Waals surface area contributed by atoms with Gasteiger partial charge in [0.15, 0.2) is 0 Å². The number of hydrogen-bond acceptors (Lipinski definition) is 4. The maximum Gasteiger partial charge on any atom is 0.290 e. The number of rotatable bonds is 5. The Labute approximate surface area is 165 Å². The molecule has 1 aliphatic carbocycles. The molecule has 0 unspecified atom stereocenters. The van der Waals surface area contributed by atoms with Crippen LogP contribution >= 0.6 is 0 Å². The Kier molecular flexibility index (Phi) is 6.05. The van der Waals surface area contributed by atoms with E-state index in [0.717, 1.165) is 56.6 Å². The highest BCUT2D eigenvalue weighted by atomic mass is 19.1. The van der Waals surface area contributed by atoms with Crippen molar-refractivity contribution in [2.45, 2.75) is 63.5 Å². The summed E-state index contributed by atoms with van der Waals surface area (Å²) < 4.78 is 18.8. The molecule has 1 atom stereocenters. The van der Waals surface area contributed by atoms with E-state index < -0.39 is 0 Å². The summed E-state index contributed by atoms with van der Waals surface area (Å²) in [5.74, 6) is 0.194. The summed E-state index contributed by atoms with van der Waals surface area (Å²) in [7, 11) is 0. The molecule has 1 aromatic carbocycles. The predicted octanol–water partition coefficient (Wildman–Crippen LogP) is 4.26. The third-order valence-electron chi connectivity index (χ3n) is 5.91. The number of amides is 1. The standard InChI is InChI=1S/C22H28FN3O2/c23-18-8-4-6-16(12-18)14-26-11-5-7-17(15-26)20-13-21(28-25-20)22(27)24-19-9-2-1-3-10-19/h4,6,8,12-13,17,19H,1-3,5,7,9-11,14-15H2,(H,24,27)/t17-/m0/s1. The van der Waals surface area contributed by atoms with Gasteiger partial charge in [-0.2, -0.15) is 0 Å². The summed E-state index contributed by atoms with van der Waals surface area (Å²) in [6.45, 7) is 2.55. The molecule has 150 valence electrons. The normalized spacial score (nSPS) is 21.5. The Morgan fingerprint density at radius 1 is 1.18 bits per heavy atom. The molecule has 2 aromatic rings. The minimum atomic E-state index is -0.198. The van der Waals surface area contributed by atoms with Gasteiger partial charge in [0, 0.05) is 31.1 Å². The van der Waals surface area contributed by atoms with Crippen molar-refractivity contribution in [2.75, 3.05) is 13.1 Å². The molecular weight excluding hydrogens is 357 g/mol. The van der Waals surface area contributed by atoms with Crippen molar-refractivity contribution in [1.29, 1.82) is 0 Å². The first kappa shape index (κ1) is 19.1. The Morgan fingerprint density at radius 3 is 2.86 bits per heavy atom. The van der Waals surface area contributed by atoms with E-state index in [0.29, 0.717) is 5.76 Å². The maximum absolute atomic E-state index is 13.4. The van der Waals surface area contributed by atoms with Crippen molar-refractivity contribution in [3.8, 4) is 0 Å². The molecule has 1 saturated carbocycles. The van der Waals surface area contributed by atoms with Gasteiger partial charge in [0.25, 0.3) is 5.91 Å². The molecule has 1 saturated heterocycles. The zero-order valence-corrected chi connectivity index (χ0v) is 16.2. The SMILES string of the molecule is O=C(NC1CCCCC1)c1cc([C@H]2CCCN(Cc3cccc(F)c3)C2)no1. The summed E-state index contributed by atoms with van der Waals surface area (Å²) in [5.41, 5.74) is 1.83. The van der Waals surface area contributed by atoms with Gasteiger partial charge in [-0.1, -0.05) is 36.6 Å². The van der Waals surface area contributed by atoms with Gasteiger partial charge in [-0.3, -0.25) is 9.69 Å². The maximum atomic E-state index is 13.4. The van der Waals surface area contributed by atoms with Crippen LogP contribution in [-0.4, -0.2) is 35.1 Å². The fraction of sp³-hybridized carbons (Fsp3) is 0.545. The molecule has 28 heavy (non-hydrogen) atoms. The molecular formula is C22H28FN3O2. The Morgan fingerprint density at radius 2 is 2.04 bits per heavy atom. The topological polar surface area (TPSA) is 58.4 Å². The summed E-state index contributed by atoms with van der Waals surface area (Å²) in [4.78, 5) is 14.8. The molecule has 1 amide bonds. The molecule has 5 nitrogen and oxygen atoms in total. The molecule has 2 fully saturated rings. The zero-order valence-electron chi connectivity index (χ0n) is 16.2. The lowest BCUT2D eigenvalue weighted by molar-refractivity contribution is 0.0890. The average Bonchev–Trinajstić information content (AvgIpc) is 3.20. The summed E-state index contributed by atoms with van der Waals surface area (Å²) in [6, 6.07) is 8.82. The van der Waals surface area contributed by atoms with Gasteiger partial charge >= 0.3 is 0 Å². The van der Waals surface area contributed by atoms with E-state index in [-0.39, 0.29) is 23.7 Å². The number of aromatic nitrogens is 1. The van der Waals surface area contributed by atoms with Crippen LogP contribution < -0.4 is 5.32 Å². The van der Waals surface area contributed by atoms with Crippen LogP contribution in [0.4, 0.5) is 4.39 Å². The summed E-state index contributed by atoms with van der Waals surface area (Å²) in [6.07, 6.45) is 7.78. The van der Waals surface area contributed by atoms with Crippen LogP contribution in [0, 0.1) is 5.82 Å². The molecule has 2 heterocycles. The fourth-order valence-corrected chi connectivity index (χ4v) is 4.43. The number of benzene rings is 1. The van der Waals surface area contributed by atoms with Crippen LogP contribution in [0.25, 0.3) is 0 Å². The molecule has 2 aliphatic rings. The van der Waals surface area contributed by atoms with Gasteiger partial charge in [-0.15, -0.1) is 0 Å². The van der Waals surface area contributed by atoms with Crippen molar-refractivity contribution in [2.24, 2.45) is 0 Å². The van der Waals surface area contributed by atoms with Crippen molar-refractivity contribution in [3.63, 3.8) is 0 Å². The predicted molar refractivity (Wildman–Crippen MR) is 104 cm³/mol. The van der Waals surface area contributed by atoms with E-state index in [1.807, 2.05) is 6.07 Å². The highest BCUT2D eigenvalue weighted by Gasteiger charge is 2.26. The second-order valence-electron chi connectivity index (χ2n) is 8.13. The monoisotopic (exact) mass is 385 g/mol. The Balaban J connectivity index is 1.35. The quantitative estimate of drug-likeness (QED) is 0.836. The smallest absolute Gasteiger partial charge is 0.290 e. The molecule has 4 rings (SSSR count). The number of nitrogens with one attached hydrogen (secondary N) is 1. The highest BCUT2D eigenvalue weighted by Crippen LogP contribution is 2.28. The van der Waals surface area contributed by atoms with E-state index in [1.165, 1.54) is 25.3 Å². The lowest BCUT2D eigenvalue weighted by atomic mass is 9.94. The van der Waals surface area contributed by atoms with Gasteiger partial charge in [0.1, 0.15) is 5.82 Å². The third-order valence-corrected chi connectivity index (χ3v) is 5.91. The van der Waals surface area contributed by atoms with Crippen LogP contribution in [-0.2, 0) is 6.54 Å². The van der Waals surface area contributed by atoms with E-state index in [9.17, 15) is 9.18 Å². The van der Waals surface area contributed by atoms with E-state index in [2.05, 4.69) is 15.4 Å². The molecule has 0 radical (unpaired) electrons. The number of carbonyl (C=O) groups excluding carboxylic acids is 1. The van der Waals surface area contributed by atoms with Crippen LogP contribution in [0.2, 0.25) is 0 Å². The minimum absolute atomic E-state index is 0.155. The number of halogens is 1. The number of nitrogens with zero attached hydrogens (tertiary/aromatic N) is 2. The molecule has 0 bridgehead atoms. The number of likely N-dealkylation sites (tertiary alicyclic amines) is 1. The molecule has 6 heteroatoms. The molecule has 1 aromatic heterocycles. The van der Waals surface area contributed by atoms with Gasteiger partial charge in [0.2, 0.25) is 5.76 Å². The second kappa shape index (κ2) is 8.86. The molecule has 1 N–H and O–H groups in total. The lowest BCUT2D eigenvalue weighted by Crippen LogP contribution is -2.36. The fourth-order valence-electron chi connectivity index (χ4n) is 4.43. The third kappa shape index (κ3) is 4.79. The first-order valence-corrected chi connectivity index (χ1v) is 10.4.